The van der Waals surface area contributed by atoms with Crippen LogP contribution in [-0.4, -0.2) is 41.4 Å². The molecule has 1 aromatic heterocycles. The first kappa shape index (κ1) is 12.7. The third kappa shape index (κ3) is 2.06. The quantitative estimate of drug-likeness (QED) is 0.748. The van der Waals surface area contributed by atoms with Gasteiger partial charge in [0.15, 0.2) is 5.82 Å². The first-order valence-electron chi connectivity index (χ1n) is 6.48. The molecule has 0 spiro atoms. The maximum Gasteiger partial charge on any atom is 0.516 e. The first-order chi connectivity index (χ1) is 8.89. The molecule has 0 saturated carbocycles. The predicted octanol–water partition coefficient (Wildman–Crippen LogP) is 0.580. The number of ether oxygens (including phenoxy) is 1. The standard InChI is InChI=1S/C12H18BN3O3/c1-11(2)12(3,4)19-13(18-11)8-7-15-10-9(16-8)14-5-6-17-10/h7H,5-6H2,1-4H3,(H,14,16). The van der Waals surface area contributed by atoms with Crippen LogP contribution in [-0.2, 0) is 9.31 Å². The first-order valence-corrected chi connectivity index (χ1v) is 6.48. The summed E-state index contributed by atoms with van der Waals surface area (Å²) in [5.41, 5.74) is -0.0892. The highest BCUT2D eigenvalue weighted by Gasteiger charge is 2.52. The van der Waals surface area contributed by atoms with Crippen LogP contribution in [0, 0.1) is 0 Å². The van der Waals surface area contributed by atoms with Crippen molar-refractivity contribution in [3.63, 3.8) is 0 Å². The Morgan fingerprint density at radius 2 is 1.89 bits per heavy atom. The van der Waals surface area contributed by atoms with Crippen LogP contribution in [0.3, 0.4) is 0 Å². The molecule has 0 bridgehead atoms. The molecule has 1 saturated heterocycles. The number of hydrogen-bond acceptors (Lipinski definition) is 6. The van der Waals surface area contributed by atoms with Crippen molar-refractivity contribution in [2.75, 3.05) is 18.5 Å². The maximum atomic E-state index is 5.95. The van der Waals surface area contributed by atoms with E-state index in [1.807, 2.05) is 27.7 Å². The Hall–Kier alpha value is -1.34. The fourth-order valence-corrected chi connectivity index (χ4v) is 2.01. The molecule has 0 atom stereocenters. The lowest BCUT2D eigenvalue weighted by Crippen LogP contribution is -2.41. The minimum Gasteiger partial charge on any atom is -0.473 e. The van der Waals surface area contributed by atoms with Crippen molar-refractivity contribution in [1.82, 2.24) is 9.97 Å². The summed E-state index contributed by atoms with van der Waals surface area (Å²) in [6, 6.07) is 0. The molecule has 2 aliphatic heterocycles. The SMILES string of the molecule is CC1(C)OB(c2cnc3c(n2)NCCO3)OC1(C)C. The van der Waals surface area contributed by atoms with E-state index < -0.39 is 7.12 Å². The molecule has 0 aromatic carbocycles. The molecule has 1 aromatic rings. The molecule has 2 aliphatic rings. The van der Waals surface area contributed by atoms with Crippen LogP contribution < -0.4 is 15.6 Å². The second-order valence-corrected chi connectivity index (χ2v) is 5.81. The van der Waals surface area contributed by atoms with Crippen molar-refractivity contribution < 1.29 is 14.0 Å². The van der Waals surface area contributed by atoms with Crippen molar-refractivity contribution in [3.05, 3.63) is 6.20 Å². The molecule has 0 amide bonds. The Balaban J connectivity index is 1.88. The van der Waals surface area contributed by atoms with E-state index in [0.717, 1.165) is 6.54 Å². The number of anilines is 1. The smallest absolute Gasteiger partial charge is 0.473 e. The van der Waals surface area contributed by atoms with Gasteiger partial charge in [0, 0.05) is 6.20 Å². The number of hydrogen-bond donors (Lipinski definition) is 1. The lowest BCUT2D eigenvalue weighted by atomic mass is 9.85. The largest absolute Gasteiger partial charge is 0.516 e. The Labute approximate surface area is 113 Å². The number of rotatable bonds is 1. The van der Waals surface area contributed by atoms with Gasteiger partial charge in [-0.25, -0.2) is 9.97 Å². The van der Waals surface area contributed by atoms with Gasteiger partial charge in [-0.1, -0.05) is 0 Å². The van der Waals surface area contributed by atoms with E-state index in [1.165, 1.54) is 0 Å². The molecule has 0 unspecified atom stereocenters. The Kier molecular flexibility index (Phi) is 2.72. The molecule has 3 rings (SSSR count). The van der Waals surface area contributed by atoms with E-state index in [0.29, 0.717) is 23.9 Å². The lowest BCUT2D eigenvalue weighted by molar-refractivity contribution is 0.00578. The molecular formula is C12H18BN3O3. The van der Waals surface area contributed by atoms with Gasteiger partial charge in [-0.3, -0.25) is 0 Å². The summed E-state index contributed by atoms with van der Waals surface area (Å²) in [5, 5.41) is 3.16. The third-order valence-corrected chi connectivity index (χ3v) is 3.89. The van der Waals surface area contributed by atoms with Crippen molar-refractivity contribution >= 4 is 18.5 Å². The normalized spacial score (nSPS) is 23.5. The fraction of sp³-hybridized carbons (Fsp3) is 0.667. The van der Waals surface area contributed by atoms with Gasteiger partial charge in [0.05, 0.1) is 23.3 Å². The van der Waals surface area contributed by atoms with Crippen LogP contribution in [0.2, 0.25) is 0 Å². The van der Waals surface area contributed by atoms with Crippen molar-refractivity contribution in [2.24, 2.45) is 0 Å². The monoisotopic (exact) mass is 263 g/mol. The summed E-state index contributed by atoms with van der Waals surface area (Å²) in [6.45, 7) is 9.40. The summed E-state index contributed by atoms with van der Waals surface area (Å²) in [7, 11) is -0.494. The van der Waals surface area contributed by atoms with E-state index in [4.69, 9.17) is 14.0 Å². The summed E-state index contributed by atoms with van der Waals surface area (Å²) in [4.78, 5) is 8.73. The average molecular weight is 263 g/mol. The minimum absolute atomic E-state index is 0.376. The zero-order valence-corrected chi connectivity index (χ0v) is 11.7. The summed E-state index contributed by atoms with van der Waals surface area (Å²) >= 11 is 0. The molecule has 0 aliphatic carbocycles. The molecule has 0 radical (unpaired) electrons. The average Bonchev–Trinajstić information content (AvgIpc) is 2.58. The zero-order chi connectivity index (χ0) is 13.7. The summed E-state index contributed by atoms with van der Waals surface area (Å²) < 4.78 is 17.3. The highest BCUT2D eigenvalue weighted by atomic mass is 16.7. The van der Waals surface area contributed by atoms with E-state index in [2.05, 4.69) is 15.3 Å². The summed E-state index contributed by atoms with van der Waals surface area (Å²) in [6.07, 6.45) is 1.65. The molecule has 7 heteroatoms. The molecule has 6 nitrogen and oxygen atoms in total. The topological polar surface area (TPSA) is 65.5 Å². The van der Waals surface area contributed by atoms with Gasteiger partial charge in [0.2, 0.25) is 0 Å². The van der Waals surface area contributed by atoms with E-state index in [1.54, 1.807) is 6.20 Å². The van der Waals surface area contributed by atoms with Gasteiger partial charge >= 0.3 is 7.12 Å². The van der Waals surface area contributed by atoms with Crippen molar-refractivity contribution in [3.8, 4) is 5.88 Å². The maximum absolute atomic E-state index is 5.95. The molecule has 3 heterocycles. The summed E-state index contributed by atoms with van der Waals surface area (Å²) in [5.74, 6) is 1.19. The molecular weight excluding hydrogens is 245 g/mol. The fourth-order valence-electron chi connectivity index (χ4n) is 2.01. The van der Waals surface area contributed by atoms with Gasteiger partial charge in [-0.05, 0) is 27.7 Å². The van der Waals surface area contributed by atoms with Gasteiger partial charge in [0.25, 0.3) is 5.88 Å². The van der Waals surface area contributed by atoms with Crippen molar-refractivity contribution in [2.45, 2.75) is 38.9 Å². The lowest BCUT2D eigenvalue weighted by Gasteiger charge is -2.32. The number of nitrogens with zero attached hydrogens (tertiary/aromatic N) is 2. The van der Waals surface area contributed by atoms with Crippen LogP contribution in [0.15, 0.2) is 6.20 Å². The highest BCUT2D eigenvalue weighted by Crippen LogP contribution is 2.36. The molecule has 1 N–H and O–H groups in total. The van der Waals surface area contributed by atoms with Crippen LogP contribution in [0.5, 0.6) is 5.88 Å². The number of aromatic nitrogens is 2. The van der Waals surface area contributed by atoms with Gasteiger partial charge in [-0.2, -0.15) is 0 Å². The molecule has 102 valence electrons. The molecule has 1 fully saturated rings. The van der Waals surface area contributed by atoms with Crippen LogP contribution in [0.1, 0.15) is 27.7 Å². The second-order valence-electron chi connectivity index (χ2n) is 5.81. The van der Waals surface area contributed by atoms with Gasteiger partial charge in [0.1, 0.15) is 6.61 Å². The third-order valence-electron chi connectivity index (χ3n) is 3.89. The Morgan fingerprint density at radius 3 is 2.58 bits per heavy atom. The van der Waals surface area contributed by atoms with Gasteiger partial charge in [-0.15, -0.1) is 0 Å². The van der Waals surface area contributed by atoms with Crippen LogP contribution in [0.25, 0.3) is 0 Å². The van der Waals surface area contributed by atoms with Crippen molar-refractivity contribution in [1.29, 1.82) is 0 Å². The van der Waals surface area contributed by atoms with Crippen LogP contribution >= 0.6 is 0 Å². The second kappa shape index (κ2) is 4.08. The zero-order valence-electron chi connectivity index (χ0n) is 11.7. The highest BCUT2D eigenvalue weighted by molar-refractivity contribution is 6.61. The molecule has 19 heavy (non-hydrogen) atoms. The van der Waals surface area contributed by atoms with E-state index in [9.17, 15) is 0 Å². The van der Waals surface area contributed by atoms with E-state index >= 15 is 0 Å². The van der Waals surface area contributed by atoms with Crippen LogP contribution in [0.4, 0.5) is 5.82 Å². The van der Waals surface area contributed by atoms with Gasteiger partial charge < -0.3 is 19.4 Å². The minimum atomic E-state index is -0.494. The Morgan fingerprint density at radius 1 is 1.21 bits per heavy atom. The Bertz CT molecular complexity index is 491. The number of fused-ring (bicyclic) bond motifs is 1. The van der Waals surface area contributed by atoms with E-state index in [-0.39, 0.29) is 11.2 Å². The predicted molar refractivity (Wildman–Crippen MR) is 71.7 cm³/mol. The number of nitrogens with one attached hydrogen (secondary N) is 1.